The molecule has 0 bridgehead atoms. The van der Waals surface area contributed by atoms with Gasteiger partial charge in [-0.15, -0.1) is 0 Å². The molecule has 0 spiro atoms. The number of rotatable bonds is 2. The number of hydrogen-bond donors (Lipinski definition) is 0. The highest BCUT2D eigenvalue weighted by atomic mass is 14.3. The third-order valence-corrected chi connectivity index (χ3v) is 2.45. The van der Waals surface area contributed by atoms with Crippen molar-refractivity contribution in [1.82, 2.24) is 0 Å². The minimum Gasteiger partial charge on any atom is -0.0882 e. The van der Waals surface area contributed by atoms with Crippen molar-refractivity contribution in [2.75, 3.05) is 0 Å². The lowest BCUT2D eigenvalue weighted by molar-refractivity contribution is 0.537. The van der Waals surface area contributed by atoms with Crippen molar-refractivity contribution in [3.63, 3.8) is 0 Å². The first-order valence-electron chi connectivity index (χ1n) is 4.12. The summed E-state index contributed by atoms with van der Waals surface area (Å²) >= 11 is 0. The molecule has 0 aliphatic heterocycles. The van der Waals surface area contributed by atoms with E-state index in [9.17, 15) is 0 Å². The van der Waals surface area contributed by atoms with E-state index in [4.69, 9.17) is 0 Å². The lowest BCUT2D eigenvalue weighted by atomic mass is 10.0. The second-order valence-corrected chi connectivity index (χ2v) is 3.44. The molecular weight excluding hydrogens is 108 g/mol. The molecule has 0 heteroatoms. The summed E-state index contributed by atoms with van der Waals surface area (Å²) in [7, 11) is 0. The van der Waals surface area contributed by atoms with Gasteiger partial charge in [0, 0.05) is 0 Å². The fourth-order valence-electron chi connectivity index (χ4n) is 1.67. The van der Waals surface area contributed by atoms with Gasteiger partial charge in [0.2, 0.25) is 0 Å². The monoisotopic (exact) mass is 122 g/mol. The first-order valence-corrected chi connectivity index (χ1v) is 4.12. The Bertz CT molecular complexity index is 120. The molecule has 50 valence electrons. The Kier molecular flexibility index (Phi) is 1.33. The fraction of sp³-hybridized carbons (Fsp3) is 0.778. The zero-order valence-corrected chi connectivity index (χ0v) is 5.84. The predicted molar refractivity (Wildman–Crippen MR) is 39.2 cm³/mol. The predicted octanol–water partition coefficient (Wildman–Crippen LogP) is 2.75. The molecule has 2 aliphatic carbocycles. The van der Waals surface area contributed by atoms with E-state index in [1.807, 2.05) is 0 Å². The Hall–Kier alpha value is -0.260. The van der Waals surface area contributed by atoms with Crippen molar-refractivity contribution < 1.29 is 0 Å². The third kappa shape index (κ3) is 1.35. The molecule has 0 nitrogen and oxygen atoms in total. The Morgan fingerprint density at radius 2 is 2.11 bits per heavy atom. The van der Waals surface area contributed by atoms with Gasteiger partial charge >= 0.3 is 0 Å². The lowest BCUT2D eigenvalue weighted by Crippen LogP contribution is -1.91. The largest absolute Gasteiger partial charge is 0.0882 e. The maximum atomic E-state index is 2.42. The van der Waals surface area contributed by atoms with Gasteiger partial charge < -0.3 is 0 Å². The van der Waals surface area contributed by atoms with Crippen LogP contribution in [0.25, 0.3) is 0 Å². The van der Waals surface area contributed by atoms with Gasteiger partial charge in [0.05, 0.1) is 0 Å². The van der Waals surface area contributed by atoms with E-state index in [-0.39, 0.29) is 0 Å². The second kappa shape index (κ2) is 2.17. The maximum Gasteiger partial charge on any atom is -0.0228 e. The Balaban J connectivity index is 1.77. The van der Waals surface area contributed by atoms with Crippen LogP contribution in [0.2, 0.25) is 0 Å². The summed E-state index contributed by atoms with van der Waals surface area (Å²) in [6.07, 6.45) is 12.1. The second-order valence-electron chi connectivity index (χ2n) is 3.44. The Labute approximate surface area is 57.0 Å². The molecule has 0 heterocycles. The molecule has 1 fully saturated rings. The molecule has 0 N–H and O–H groups in total. The minimum absolute atomic E-state index is 0.970. The summed E-state index contributed by atoms with van der Waals surface area (Å²) in [5, 5.41) is 0. The van der Waals surface area contributed by atoms with Crippen molar-refractivity contribution in [3.05, 3.63) is 12.2 Å². The van der Waals surface area contributed by atoms with Crippen molar-refractivity contribution in [1.29, 1.82) is 0 Å². The van der Waals surface area contributed by atoms with Crippen LogP contribution in [0.4, 0.5) is 0 Å². The summed E-state index contributed by atoms with van der Waals surface area (Å²) in [5.41, 5.74) is 0. The first kappa shape index (κ1) is 5.52. The molecule has 1 atom stereocenters. The molecule has 0 aromatic heterocycles. The molecule has 2 rings (SSSR count). The van der Waals surface area contributed by atoms with Crippen LogP contribution in [0.3, 0.4) is 0 Å². The summed E-state index contributed by atoms with van der Waals surface area (Å²) in [5.74, 6) is 2.09. The summed E-state index contributed by atoms with van der Waals surface area (Å²) in [6, 6.07) is 0. The van der Waals surface area contributed by atoms with Crippen molar-refractivity contribution in [2.45, 2.75) is 32.1 Å². The quantitative estimate of drug-likeness (QED) is 0.494. The average Bonchev–Trinajstić information content (AvgIpc) is 2.46. The van der Waals surface area contributed by atoms with Crippen LogP contribution >= 0.6 is 0 Å². The average molecular weight is 122 g/mol. The van der Waals surface area contributed by atoms with Crippen LogP contribution in [-0.2, 0) is 0 Å². The molecule has 0 aromatic carbocycles. The van der Waals surface area contributed by atoms with Gasteiger partial charge in [-0.3, -0.25) is 0 Å². The topological polar surface area (TPSA) is 0 Å². The van der Waals surface area contributed by atoms with Gasteiger partial charge in [-0.1, -0.05) is 25.0 Å². The molecule has 0 amide bonds. The van der Waals surface area contributed by atoms with Gasteiger partial charge in [-0.2, -0.15) is 0 Å². The highest BCUT2D eigenvalue weighted by Crippen LogP contribution is 2.38. The van der Waals surface area contributed by atoms with Gasteiger partial charge in [-0.25, -0.2) is 0 Å². The highest BCUT2D eigenvalue weighted by Gasteiger charge is 2.24. The van der Waals surface area contributed by atoms with Gasteiger partial charge in [0.25, 0.3) is 0 Å². The van der Waals surface area contributed by atoms with Gasteiger partial charge in [0.15, 0.2) is 0 Å². The van der Waals surface area contributed by atoms with Crippen LogP contribution in [0.5, 0.6) is 0 Å². The highest BCUT2D eigenvalue weighted by molar-refractivity contribution is 4.97. The zero-order valence-electron chi connectivity index (χ0n) is 5.84. The van der Waals surface area contributed by atoms with E-state index in [0.29, 0.717) is 0 Å². The van der Waals surface area contributed by atoms with E-state index < -0.39 is 0 Å². The molecule has 2 aliphatic rings. The van der Waals surface area contributed by atoms with Crippen LogP contribution in [-0.4, -0.2) is 0 Å². The number of allylic oxidation sites excluding steroid dienone is 2. The molecule has 0 unspecified atom stereocenters. The minimum atomic E-state index is 0.970. The van der Waals surface area contributed by atoms with Crippen LogP contribution in [0, 0.1) is 11.8 Å². The number of hydrogen-bond acceptors (Lipinski definition) is 0. The summed E-state index contributed by atoms with van der Waals surface area (Å²) in [6.45, 7) is 0. The molecule has 1 saturated carbocycles. The van der Waals surface area contributed by atoms with Crippen LogP contribution in [0.15, 0.2) is 12.2 Å². The SMILES string of the molecule is C1=C[C@@H](CC2CC2)CC1. The van der Waals surface area contributed by atoms with E-state index >= 15 is 0 Å². The fourth-order valence-corrected chi connectivity index (χ4v) is 1.67. The molecule has 9 heavy (non-hydrogen) atoms. The Morgan fingerprint density at radius 3 is 2.67 bits per heavy atom. The molecular formula is C9H14. The van der Waals surface area contributed by atoms with Crippen LogP contribution < -0.4 is 0 Å². The molecule has 0 aromatic rings. The third-order valence-electron chi connectivity index (χ3n) is 2.45. The van der Waals surface area contributed by atoms with E-state index in [2.05, 4.69) is 12.2 Å². The molecule has 0 radical (unpaired) electrons. The lowest BCUT2D eigenvalue weighted by Gasteiger charge is -2.03. The first-order chi connectivity index (χ1) is 4.45. The summed E-state index contributed by atoms with van der Waals surface area (Å²) < 4.78 is 0. The smallest absolute Gasteiger partial charge is 0.0228 e. The Morgan fingerprint density at radius 1 is 1.22 bits per heavy atom. The normalized spacial score (nSPS) is 33.6. The van der Waals surface area contributed by atoms with Crippen molar-refractivity contribution >= 4 is 0 Å². The van der Waals surface area contributed by atoms with Crippen molar-refractivity contribution in [3.8, 4) is 0 Å². The van der Waals surface area contributed by atoms with E-state index in [1.54, 1.807) is 0 Å². The standard InChI is InChI=1S/C9H14/c1-2-4-8(3-1)7-9-5-6-9/h1,3,8-9H,2,4-7H2/t8-/m1/s1. The summed E-state index contributed by atoms with van der Waals surface area (Å²) in [4.78, 5) is 0. The maximum absolute atomic E-state index is 2.42. The van der Waals surface area contributed by atoms with Crippen LogP contribution in [0.1, 0.15) is 32.1 Å². The van der Waals surface area contributed by atoms with E-state index in [1.165, 1.54) is 32.1 Å². The van der Waals surface area contributed by atoms with Gasteiger partial charge in [0.1, 0.15) is 0 Å². The van der Waals surface area contributed by atoms with Gasteiger partial charge in [-0.05, 0) is 31.1 Å². The van der Waals surface area contributed by atoms with Crippen molar-refractivity contribution in [2.24, 2.45) is 11.8 Å². The van der Waals surface area contributed by atoms with E-state index in [0.717, 1.165) is 11.8 Å². The molecule has 0 saturated heterocycles. The zero-order chi connectivity index (χ0) is 6.10.